The highest BCUT2D eigenvalue weighted by Crippen LogP contribution is 2.29. The van der Waals surface area contributed by atoms with E-state index in [4.69, 9.17) is 9.47 Å². The van der Waals surface area contributed by atoms with E-state index in [1.54, 1.807) is 18.2 Å². The van der Waals surface area contributed by atoms with Crippen LogP contribution < -0.4 is 20.1 Å². The molecule has 0 aliphatic carbocycles. The standard InChI is InChI=1S/C18H15N3O4S/c1-12(22)24-16-11-26-18(20-16)21-17(23)19-14-9-5-6-10-15(14)25-13-7-3-2-4-8-13/h2-11H,1H3,(H2,19,20,21,23). The van der Waals surface area contributed by atoms with Gasteiger partial charge in [0.1, 0.15) is 5.75 Å². The Bertz CT molecular complexity index is 912. The van der Waals surface area contributed by atoms with Gasteiger partial charge in [-0.1, -0.05) is 30.3 Å². The van der Waals surface area contributed by atoms with Crippen molar-refractivity contribution in [1.29, 1.82) is 0 Å². The number of hydrogen-bond donors (Lipinski definition) is 2. The van der Waals surface area contributed by atoms with E-state index in [-0.39, 0.29) is 5.88 Å². The van der Waals surface area contributed by atoms with Crippen molar-refractivity contribution >= 4 is 34.2 Å². The summed E-state index contributed by atoms with van der Waals surface area (Å²) < 4.78 is 10.6. The highest BCUT2D eigenvalue weighted by Gasteiger charge is 2.11. The molecule has 132 valence electrons. The fourth-order valence-corrected chi connectivity index (χ4v) is 2.64. The molecule has 2 N–H and O–H groups in total. The predicted molar refractivity (Wildman–Crippen MR) is 99.0 cm³/mol. The summed E-state index contributed by atoms with van der Waals surface area (Å²) in [7, 11) is 0. The first-order chi connectivity index (χ1) is 12.6. The van der Waals surface area contributed by atoms with E-state index in [2.05, 4.69) is 15.6 Å². The number of ether oxygens (including phenoxy) is 2. The number of para-hydroxylation sites is 3. The fraction of sp³-hybridized carbons (Fsp3) is 0.0556. The second-order valence-corrected chi connectivity index (χ2v) is 5.93. The molecule has 7 nitrogen and oxygen atoms in total. The van der Waals surface area contributed by atoms with Crippen molar-refractivity contribution < 1.29 is 19.1 Å². The fourth-order valence-electron chi connectivity index (χ4n) is 2.04. The summed E-state index contributed by atoms with van der Waals surface area (Å²) >= 11 is 1.15. The van der Waals surface area contributed by atoms with Crippen molar-refractivity contribution in [3.8, 4) is 17.4 Å². The summed E-state index contributed by atoms with van der Waals surface area (Å²) in [6.45, 7) is 1.28. The molecule has 3 aromatic rings. The van der Waals surface area contributed by atoms with Crippen LogP contribution in [0.4, 0.5) is 15.6 Å². The van der Waals surface area contributed by atoms with E-state index >= 15 is 0 Å². The Morgan fingerprint density at radius 3 is 2.50 bits per heavy atom. The molecule has 0 saturated carbocycles. The normalized spacial score (nSPS) is 10.0. The van der Waals surface area contributed by atoms with Crippen molar-refractivity contribution in [2.45, 2.75) is 6.92 Å². The van der Waals surface area contributed by atoms with E-state index in [0.29, 0.717) is 22.3 Å². The number of urea groups is 1. The summed E-state index contributed by atoms with van der Waals surface area (Å²) in [5, 5.41) is 7.14. The Morgan fingerprint density at radius 2 is 1.73 bits per heavy atom. The topological polar surface area (TPSA) is 89.5 Å². The molecule has 0 radical (unpaired) electrons. The first-order valence-electron chi connectivity index (χ1n) is 7.64. The van der Waals surface area contributed by atoms with Gasteiger partial charge in [-0.15, -0.1) is 11.3 Å². The summed E-state index contributed by atoms with van der Waals surface area (Å²) in [5.41, 5.74) is 0.505. The smallest absolute Gasteiger partial charge is 0.325 e. The maximum absolute atomic E-state index is 12.2. The lowest BCUT2D eigenvalue weighted by molar-refractivity contribution is -0.132. The zero-order chi connectivity index (χ0) is 18.4. The second-order valence-electron chi connectivity index (χ2n) is 5.07. The number of esters is 1. The maximum atomic E-state index is 12.2. The molecule has 1 aromatic heterocycles. The van der Waals surface area contributed by atoms with Crippen LogP contribution in [-0.2, 0) is 4.79 Å². The molecule has 0 bridgehead atoms. The quantitative estimate of drug-likeness (QED) is 0.646. The van der Waals surface area contributed by atoms with Crippen LogP contribution in [0.5, 0.6) is 17.4 Å². The van der Waals surface area contributed by atoms with Crippen molar-refractivity contribution in [2.75, 3.05) is 10.6 Å². The number of amides is 2. The average molecular weight is 369 g/mol. The van der Waals surface area contributed by atoms with E-state index in [0.717, 1.165) is 11.3 Å². The van der Waals surface area contributed by atoms with Crippen LogP contribution in [0, 0.1) is 0 Å². The number of hydrogen-bond acceptors (Lipinski definition) is 6. The highest BCUT2D eigenvalue weighted by molar-refractivity contribution is 7.14. The minimum absolute atomic E-state index is 0.144. The van der Waals surface area contributed by atoms with Crippen molar-refractivity contribution in [3.63, 3.8) is 0 Å². The minimum Gasteiger partial charge on any atom is -0.455 e. The predicted octanol–water partition coefficient (Wildman–Crippen LogP) is 4.50. The number of anilines is 2. The molecule has 0 spiro atoms. The van der Waals surface area contributed by atoms with Gasteiger partial charge in [-0.3, -0.25) is 10.1 Å². The van der Waals surface area contributed by atoms with Crippen molar-refractivity contribution in [2.24, 2.45) is 0 Å². The third-order valence-electron chi connectivity index (χ3n) is 3.06. The van der Waals surface area contributed by atoms with E-state index in [1.807, 2.05) is 36.4 Å². The van der Waals surface area contributed by atoms with Crippen LogP contribution in [0.1, 0.15) is 6.92 Å². The molecular formula is C18H15N3O4S. The molecule has 26 heavy (non-hydrogen) atoms. The SMILES string of the molecule is CC(=O)Oc1csc(NC(=O)Nc2ccccc2Oc2ccccc2)n1. The number of rotatable bonds is 5. The van der Waals surface area contributed by atoms with Crippen LogP contribution in [-0.4, -0.2) is 17.0 Å². The molecule has 0 atom stereocenters. The van der Waals surface area contributed by atoms with Gasteiger partial charge in [-0.25, -0.2) is 4.79 Å². The van der Waals surface area contributed by atoms with Gasteiger partial charge in [0.15, 0.2) is 10.9 Å². The van der Waals surface area contributed by atoms with Gasteiger partial charge in [-0.2, -0.15) is 4.98 Å². The van der Waals surface area contributed by atoms with Crippen LogP contribution in [0.2, 0.25) is 0 Å². The number of benzene rings is 2. The first-order valence-corrected chi connectivity index (χ1v) is 8.52. The number of aromatic nitrogens is 1. The largest absolute Gasteiger partial charge is 0.455 e. The molecule has 0 fully saturated rings. The molecule has 2 aromatic carbocycles. The summed E-state index contributed by atoms with van der Waals surface area (Å²) in [4.78, 5) is 27.1. The van der Waals surface area contributed by atoms with Gasteiger partial charge in [0.25, 0.3) is 0 Å². The molecule has 3 rings (SSSR count). The number of carbonyl (C=O) groups is 2. The molecule has 0 aliphatic rings. The Balaban J connectivity index is 1.66. The van der Waals surface area contributed by atoms with Crippen LogP contribution >= 0.6 is 11.3 Å². The lowest BCUT2D eigenvalue weighted by Crippen LogP contribution is -2.19. The molecule has 2 amide bonds. The molecular weight excluding hydrogens is 354 g/mol. The number of thiazole rings is 1. The van der Waals surface area contributed by atoms with Gasteiger partial charge in [0, 0.05) is 6.92 Å². The Kier molecular flexibility index (Phi) is 5.45. The zero-order valence-corrected chi connectivity index (χ0v) is 14.6. The summed E-state index contributed by atoms with van der Waals surface area (Å²) in [6, 6.07) is 15.9. The van der Waals surface area contributed by atoms with Crippen molar-refractivity contribution in [3.05, 3.63) is 60.0 Å². The van der Waals surface area contributed by atoms with Gasteiger partial charge in [-0.05, 0) is 24.3 Å². The molecule has 0 unspecified atom stereocenters. The minimum atomic E-state index is -0.488. The first kappa shape index (κ1) is 17.4. The molecule has 0 saturated heterocycles. The number of nitrogens with one attached hydrogen (secondary N) is 2. The van der Waals surface area contributed by atoms with Crippen LogP contribution in [0.25, 0.3) is 0 Å². The third-order valence-corrected chi connectivity index (χ3v) is 3.79. The molecule has 8 heteroatoms. The summed E-state index contributed by atoms with van der Waals surface area (Å²) in [6.07, 6.45) is 0. The Morgan fingerprint density at radius 1 is 1.00 bits per heavy atom. The van der Waals surface area contributed by atoms with Gasteiger partial charge in [0.05, 0.1) is 11.1 Å². The maximum Gasteiger partial charge on any atom is 0.325 e. The number of nitrogens with zero attached hydrogens (tertiary/aromatic N) is 1. The lowest BCUT2D eigenvalue weighted by Gasteiger charge is -2.12. The van der Waals surface area contributed by atoms with E-state index < -0.39 is 12.0 Å². The summed E-state index contributed by atoms with van der Waals surface area (Å²) in [5.74, 6) is 0.839. The third kappa shape index (κ3) is 4.81. The van der Waals surface area contributed by atoms with Gasteiger partial charge < -0.3 is 14.8 Å². The Labute approximate surface area is 153 Å². The number of carbonyl (C=O) groups excluding carboxylic acids is 2. The zero-order valence-electron chi connectivity index (χ0n) is 13.8. The van der Waals surface area contributed by atoms with Crippen molar-refractivity contribution in [1.82, 2.24) is 4.98 Å². The monoisotopic (exact) mass is 369 g/mol. The molecule has 0 aliphatic heterocycles. The van der Waals surface area contributed by atoms with E-state index in [1.165, 1.54) is 12.3 Å². The molecule has 1 heterocycles. The second kappa shape index (κ2) is 8.13. The van der Waals surface area contributed by atoms with Crippen LogP contribution in [0.3, 0.4) is 0 Å². The Hall–Kier alpha value is -3.39. The van der Waals surface area contributed by atoms with Crippen LogP contribution in [0.15, 0.2) is 60.0 Å². The van der Waals surface area contributed by atoms with Gasteiger partial charge in [0.2, 0.25) is 5.88 Å². The lowest BCUT2D eigenvalue weighted by atomic mass is 10.3. The average Bonchev–Trinajstić information content (AvgIpc) is 3.03. The van der Waals surface area contributed by atoms with Gasteiger partial charge >= 0.3 is 12.0 Å². The van der Waals surface area contributed by atoms with E-state index in [9.17, 15) is 9.59 Å². The highest BCUT2D eigenvalue weighted by atomic mass is 32.1.